The monoisotopic (exact) mass is 254 g/mol. The first-order chi connectivity index (χ1) is 9.15. The van der Waals surface area contributed by atoms with Crippen LogP contribution >= 0.6 is 0 Å². The van der Waals surface area contributed by atoms with Crippen LogP contribution < -0.4 is 0 Å². The molecule has 0 atom stereocenters. The Morgan fingerprint density at radius 3 is 2.74 bits per heavy atom. The summed E-state index contributed by atoms with van der Waals surface area (Å²) < 4.78 is 5.63. The summed E-state index contributed by atoms with van der Waals surface area (Å²) >= 11 is 0. The minimum atomic E-state index is -1.02. The van der Waals surface area contributed by atoms with E-state index >= 15 is 0 Å². The lowest BCUT2D eigenvalue weighted by atomic mass is 10.1. The normalized spacial score (nSPS) is 10.8. The Morgan fingerprint density at radius 2 is 2.00 bits per heavy atom. The molecule has 5 nitrogen and oxygen atoms in total. The highest BCUT2D eigenvalue weighted by molar-refractivity contribution is 5.90. The standard InChI is InChI=1S/C14H10N2O3/c1-8-10(14(17)18)7-11(16-15-8)13-6-9-4-2-3-5-12(9)19-13/h2-7H,1H3,(H,17,18). The van der Waals surface area contributed by atoms with Gasteiger partial charge in [-0.15, -0.1) is 5.10 Å². The first-order valence-electron chi connectivity index (χ1n) is 5.72. The van der Waals surface area contributed by atoms with E-state index in [0.717, 1.165) is 11.0 Å². The number of aromatic carboxylic acids is 1. The van der Waals surface area contributed by atoms with Gasteiger partial charge in [0.15, 0.2) is 5.76 Å². The van der Waals surface area contributed by atoms with Crippen molar-refractivity contribution >= 4 is 16.9 Å². The van der Waals surface area contributed by atoms with Gasteiger partial charge in [0, 0.05) is 5.39 Å². The number of furan rings is 1. The van der Waals surface area contributed by atoms with Crippen LogP contribution in [0.2, 0.25) is 0 Å². The average molecular weight is 254 g/mol. The Hall–Kier alpha value is -2.69. The summed E-state index contributed by atoms with van der Waals surface area (Å²) in [5.41, 5.74) is 1.66. The van der Waals surface area contributed by atoms with Gasteiger partial charge in [0.25, 0.3) is 0 Å². The number of aromatic nitrogens is 2. The van der Waals surface area contributed by atoms with Gasteiger partial charge in [0.1, 0.15) is 11.3 Å². The number of nitrogens with zero attached hydrogens (tertiary/aromatic N) is 2. The summed E-state index contributed by atoms with van der Waals surface area (Å²) in [4.78, 5) is 11.1. The highest BCUT2D eigenvalue weighted by Gasteiger charge is 2.14. The minimum absolute atomic E-state index is 0.130. The van der Waals surface area contributed by atoms with E-state index in [4.69, 9.17) is 9.52 Å². The van der Waals surface area contributed by atoms with Crippen LogP contribution in [-0.4, -0.2) is 21.3 Å². The topological polar surface area (TPSA) is 76.2 Å². The van der Waals surface area contributed by atoms with Crippen molar-refractivity contribution in [2.45, 2.75) is 6.92 Å². The molecule has 0 spiro atoms. The van der Waals surface area contributed by atoms with Crippen molar-refractivity contribution in [2.75, 3.05) is 0 Å². The van der Waals surface area contributed by atoms with Gasteiger partial charge < -0.3 is 9.52 Å². The van der Waals surface area contributed by atoms with Crippen molar-refractivity contribution in [1.29, 1.82) is 0 Å². The summed E-state index contributed by atoms with van der Waals surface area (Å²) in [6.07, 6.45) is 0. The molecule has 0 amide bonds. The lowest BCUT2D eigenvalue weighted by Crippen LogP contribution is -2.03. The SMILES string of the molecule is Cc1nnc(-c2cc3ccccc3o2)cc1C(=O)O. The van der Waals surface area contributed by atoms with E-state index in [1.807, 2.05) is 30.3 Å². The molecule has 0 radical (unpaired) electrons. The largest absolute Gasteiger partial charge is 0.478 e. The number of benzene rings is 1. The molecule has 0 unspecified atom stereocenters. The third-order valence-corrected chi connectivity index (χ3v) is 2.89. The zero-order chi connectivity index (χ0) is 13.4. The molecule has 0 saturated heterocycles. The Balaban J connectivity index is 2.16. The fourth-order valence-corrected chi connectivity index (χ4v) is 1.90. The predicted molar refractivity (Wildman–Crippen MR) is 68.9 cm³/mol. The number of hydrogen-bond donors (Lipinski definition) is 1. The third kappa shape index (κ3) is 1.95. The summed E-state index contributed by atoms with van der Waals surface area (Å²) in [6.45, 7) is 1.61. The van der Waals surface area contributed by atoms with E-state index in [1.54, 1.807) is 6.92 Å². The van der Waals surface area contributed by atoms with Gasteiger partial charge in [0.05, 0.1) is 11.3 Å². The highest BCUT2D eigenvalue weighted by Crippen LogP contribution is 2.26. The van der Waals surface area contributed by atoms with Crippen molar-refractivity contribution < 1.29 is 14.3 Å². The van der Waals surface area contributed by atoms with Gasteiger partial charge in [0.2, 0.25) is 0 Å². The average Bonchev–Trinajstić information content (AvgIpc) is 2.82. The van der Waals surface area contributed by atoms with Gasteiger partial charge in [-0.3, -0.25) is 0 Å². The van der Waals surface area contributed by atoms with Crippen LogP contribution in [0, 0.1) is 6.92 Å². The predicted octanol–water partition coefficient (Wildman–Crippen LogP) is 2.90. The Bertz CT molecular complexity index is 744. The van der Waals surface area contributed by atoms with Crippen molar-refractivity contribution in [3.8, 4) is 11.5 Å². The zero-order valence-electron chi connectivity index (χ0n) is 10.1. The second-order valence-corrected chi connectivity index (χ2v) is 4.18. The number of rotatable bonds is 2. The fourth-order valence-electron chi connectivity index (χ4n) is 1.90. The first kappa shape index (κ1) is 11.4. The Kier molecular flexibility index (Phi) is 2.52. The molecule has 1 N–H and O–H groups in total. The van der Waals surface area contributed by atoms with E-state index in [9.17, 15) is 4.79 Å². The third-order valence-electron chi connectivity index (χ3n) is 2.89. The van der Waals surface area contributed by atoms with E-state index in [-0.39, 0.29) is 5.56 Å². The van der Waals surface area contributed by atoms with Crippen molar-refractivity contribution in [2.24, 2.45) is 0 Å². The van der Waals surface area contributed by atoms with Crippen LogP contribution in [0.15, 0.2) is 40.8 Å². The number of hydrogen-bond acceptors (Lipinski definition) is 4. The van der Waals surface area contributed by atoms with Gasteiger partial charge in [-0.2, -0.15) is 5.10 Å². The second kappa shape index (κ2) is 4.20. The lowest BCUT2D eigenvalue weighted by Gasteiger charge is -2.00. The Labute approximate surface area is 108 Å². The molecule has 5 heteroatoms. The van der Waals surface area contributed by atoms with E-state index in [2.05, 4.69) is 10.2 Å². The molecule has 0 bridgehead atoms. The summed E-state index contributed by atoms with van der Waals surface area (Å²) in [5, 5.41) is 17.9. The molecule has 0 saturated carbocycles. The summed E-state index contributed by atoms with van der Waals surface area (Å²) in [6, 6.07) is 10.8. The van der Waals surface area contributed by atoms with Crippen LogP contribution in [0.3, 0.4) is 0 Å². The van der Waals surface area contributed by atoms with Crippen LogP contribution in [0.5, 0.6) is 0 Å². The molecule has 94 valence electrons. The molecule has 0 aliphatic carbocycles. The fraction of sp³-hybridized carbons (Fsp3) is 0.0714. The molecule has 0 fully saturated rings. The maximum atomic E-state index is 11.1. The molecule has 19 heavy (non-hydrogen) atoms. The molecule has 2 aromatic heterocycles. The molecule has 2 heterocycles. The highest BCUT2D eigenvalue weighted by atomic mass is 16.4. The van der Waals surface area contributed by atoms with Crippen LogP contribution in [-0.2, 0) is 0 Å². The first-order valence-corrected chi connectivity index (χ1v) is 5.72. The molecular weight excluding hydrogens is 244 g/mol. The second-order valence-electron chi connectivity index (χ2n) is 4.18. The van der Waals surface area contributed by atoms with E-state index in [0.29, 0.717) is 17.1 Å². The quantitative estimate of drug-likeness (QED) is 0.760. The lowest BCUT2D eigenvalue weighted by molar-refractivity contribution is 0.0695. The maximum absolute atomic E-state index is 11.1. The molecule has 0 aliphatic heterocycles. The number of carboxylic acids is 1. The summed E-state index contributed by atoms with van der Waals surface area (Å²) in [7, 11) is 0. The van der Waals surface area contributed by atoms with Crippen LogP contribution in [0.25, 0.3) is 22.4 Å². The molecule has 1 aromatic carbocycles. The Morgan fingerprint density at radius 1 is 1.21 bits per heavy atom. The van der Waals surface area contributed by atoms with E-state index < -0.39 is 5.97 Å². The molecular formula is C14H10N2O3. The molecule has 3 rings (SSSR count). The smallest absolute Gasteiger partial charge is 0.337 e. The van der Waals surface area contributed by atoms with Crippen molar-refractivity contribution in [3.63, 3.8) is 0 Å². The van der Waals surface area contributed by atoms with Crippen LogP contribution in [0.1, 0.15) is 16.1 Å². The molecule has 0 aliphatic rings. The van der Waals surface area contributed by atoms with E-state index in [1.165, 1.54) is 6.07 Å². The number of fused-ring (bicyclic) bond motifs is 1. The van der Waals surface area contributed by atoms with Crippen molar-refractivity contribution in [1.82, 2.24) is 10.2 Å². The number of para-hydroxylation sites is 1. The number of carboxylic acid groups (broad SMARTS) is 1. The van der Waals surface area contributed by atoms with Gasteiger partial charge in [-0.05, 0) is 25.1 Å². The van der Waals surface area contributed by atoms with Gasteiger partial charge in [-0.1, -0.05) is 18.2 Å². The number of carbonyl (C=O) groups is 1. The van der Waals surface area contributed by atoms with Gasteiger partial charge in [-0.25, -0.2) is 4.79 Å². The number of aryl methyl sites for hydroxylation is 1. The van der Waals surface area contributed by atoms with Crippen molar-refractivity contribution in [3.05, 3.63) is 47.7 Å². The summed E-state index contributed by atoms with van der Waals surface area (Å²) in [5.74, 6) is -0.513. The molecule has 3 aromatic rings. The van der Waals surface area contributed by atoms with Gasteiger partial charge >= 0.3 is 5.97 Å². The maximum Gasteiger partial charge on any atom is 0.337 e. The minimum Gasteiger partial charge on any atom is -0.478 e. The van der Waals surface area contributed by atoms with Crippen LogP contribution in [0.4, 0.5) is 0 Å². The zero-order valence-corrected chi connectivity index (χ0v) is 10.1.